The third kappa shape index (κ3) is 2.60. The van der Waals surface area contributed by atoms with Gasteiger partial charge in [0.25, 0.3) is 11.1 Å². The van der Waals surface area contributed by atoms with E-state index in [1.807, 2.05) is 24.3 Å². The summed E-state index contributed by atoms with van der Waals surface area (Å²) in [6.45, 7) is 0.328. The molecule has 112 valence electrons. The predicted octanol–water partition coefficient (Wildman–Crippen LogP) is 1.39. The molecule has 0 spiro atoms. The molecular formula is C12H10N6O3S. The smallest absolute Gasteiger partial charge is 0.277 e. The second-order valence-electron chi connectivity index (χ2n) is 4.39. The molecule has 1 atom stereocenters. The van der Waals surface area contributed by atoms with Crippen LogP contribution in [0.4, 0.5) is 0 Å². The molecule has 0 aliphatic carbocycles. The zero-order chi connectivity index (χ0) is 14.8. The quantitative estimate of drug-likeness (QED) is 0.713. The van der Waals surface area contributed by atoms with Crippen molar-refractivity contribution in [3.63, 3.8) is 0 Å². The average molecular weight is 318 g/mol. The van der Waals surface area contributed by atoms with Gasteiger partial charge in [-0.15, -0.1) is 20.4 Å². The van der Waals surface area contributed by atoms with Crippen molar-refractivity contribution in [1.29, 1.82) is 0 Å². The summed E-state index contributed by atoms with van der Waals surface area (Å²) in [5, 5.41) is 22.0. The van der Waals surface area contributed by atoms with Crippen LogP contribution in [0.3, 0.4) is 0 Å². The molecule has 0 fully saturated rings. The van der Waals surface area contributed by atoms with Gasteiger partial charge in [-0.3, -0.25) is 0 Å². The van der Waals surface area contributed by atoms with Gasteiger partial charge in [0, 0.05) is 0 Å². The second kappa shape index (κ2) is 5.64. The van der Waals surface area contributed by atoms with Crippen LogP contribution in [0.5, 0.6) is 11.5 Å². The number of ether oxygens (including phenoxy) is 2. The van der Waals surface area contributed by atoms with Crippen molar-refractivity contribution in [1.82, 2.24) is 30.8 Å². The number of aromatic amines is 1. The van der Waals surface area contributed by atoms with Crippen molar-refractivity contribution in [2.45, 2.75) is 17.1 Å². The fourth-order valence-corrected chi connectivity index (χ4v) is 2.54. The Bertz CT molecular complexity index is 762. The Labute approximate surface area is 128 Å². The number of benzene rings is 1. The maximum Gasteiger partial charge on any atom is 0.277 e. The molecule has 4 rings (SSSR count). The maximum atomic E-state index is 5.81. The second-order valence-corrected chi connectivity index (χ2v) is 5.31. The van der Waals surface area contributed by atoms with Gasteiger partial charge in [-0.05, 0) is 12.1 Å². The molecule has 1 unspecified atom stereocenters. The van der Waals surface area contributed by atoms with Crippen LogP contribution in [0.25, 0.3) is 0 Å². The molecule has 10 heteroatoms. The van der Waals surface area contributed by atoms with Gasteiger partial charge < -0.3 is 13.9 Å². The first-order valence-corrected chi connectivity index (χ1v) is 7.44. The lowest BCUT2D eigenvalue weighted by molar-refractivity contribution is 0.0686. The van der Waals surface area contributed by atoms with E-state index in [0.29, 0.717) is 40.8 Å². The van der Waals surface area contributed by atoms with Crippen LogP contribution in [0.15, 0.2) is 33.9 Å². The average Bonchev–Trinajstić information content (AvgIpc) is 3.24. The van der Waals surface area contributed by atoms with Crippen molar-refractivity contribution in [2.24, 2.45) is 0 Å². The van der Waals surface area contributed by atoms with Gasteiger partial charge in [-0.25, -0.2) is 0 Å². The van der Waals surface area contributed by atoms with Crippen molar-refractivity contribution in [2.75, 3.05) is 6.61 Å². The summed E-state index contributed by atoms with van der Waals surface area (Å²) in [4.78, 5) is 0. The van der Waals surface area contributed by atoms with Crippen LogP contribution < -0.4 is 9.47 Å². The lowest BCUT2D eigenvalue weighted by Crippen LogP contribution is -2.21. The van der Waals surface area contributed by atoms with Gasteiger partial charge >= 0.3 is 0 Å². The summed E-state index contributed by atoms with van der Waals surface area (Å²) in [6.07, 6.45) is -0.415. The Morgan fingerprint density at radius 3 is 2.95 bits per heavy atom. The number of rotatable bonds is 4. The standard InChI is InChI=1S/C12H10N6O3S/c1-2-4-8-7(3-1)19-5-9(20-8)11-15-16-12(21-11)22-6-10-13-17-18-14-10/h1-4,9H,5-6H2,(H,13,14,17,18). The van der Waals surface area contributed by atoms with Gasteiger partial charge in [-0.2, -0.15) is 5.21 Å². The highest BCUT2D eigenvalue weighted by atomic mass is 32.2. The van der Waals surface area contributed by atoms with Crippen LogP contribution in [0.1, 0.15) is 17.8 Å². The Morgan fingerprint density at radius 1 is 1.18 bits per heavy atom. The summed E-state index contributed by atoms with van der Waals surface area (Å²) < 4.78 is 17.0. The first-order chi connectivity index (χ1) is 10.9. The van der Waals surface area contributed by atoms with E-state index >= 15 is 0 Å². The molecule has 1 N–H and O–H groups in total. The van der Waals surface area contributed by atoms with Crippen molar-refractivity contribution in [3.05, 3.63) is 36.0 Å². The number of thioether (sulfide) groups is 1. The van der Waals surface area contributed by atoms with Gasteiger partial charge in [0.15, 0.2) is 17.3 Å². The molecule has 9 nitrogen and oxygen atoms in total. The minimum atomic E-state index is -0.415. The largest absolute Gasteiger partial charge is 0.485 e. The SMILES string of the molecule is c1ccc2c(c1)OCC(c1nnc(SCc3nn[nH]n3)o1)O2. The lowest BCUT2D eigenvalue weighted by atomic mass is 10.2. The minimum Gasteiger partial charge on any atom is -0.485 e. The number of tetrazole rings is 1. The number of nitrogens with one attached hydrogen (secondary N) is 1. The molecule has 1 aromatic carbocycles. The Hall–Kier alpha value is -2.62. The van der Waals surface area contributed by atoms with Crippen LogP contribution in [0, 0.1) is 0 Å². The number of nitrogens with zero attached hydrogens (tertiary/aromatic N) is 5. The van der Waals surface area contributed by atoms with Gasteiger partial charge in [0.1, 0.15) is 6.61 Å². The molecule has 0 saturated carbocycles. The summed E-state index contributed by atoms with van der Waals surface area (Å²) in [5.41, 5.74) is 0. The number of hydrogen-bond acceptors (Lipinski definition) is 9. The van der Waals surface area contributed by atoms with Crippen LogP contribution in [-0.4, -0.2) is 37.4 Å². The van der Waals surface area contributed by atoms with Gasteiger partial charge in [-0.1, -0.05) is 29.1 Å². The number of aromatic nitrogens is 6. The highest BCUT2D eigenvalue weighted by molar-refractivity contribution is 7.98. The molecule has 0 radical (unpaired) electrons. The number of fused-ring (bicyclic) bond motifs is 1. The van der Waals surface area contributed by atoms with E-state index in [4.69, 9.17) is 13.9 Å². The maximum absolute atomic E-state index is 5.81. The summed E-state index contributed by atoms with van der Waals surface area (Å²) in [7, 11) is 0. The van der Waals surface area contributed by atoms with E-state index < -0.39 is 6.10 Å². The van der Waals surface area contributed by atoms with E-state index in [1.165, 1.54) is 11.8 Å². The molecule has 3 aromatic rings. The third-order valence-corrected chi connectivity index (χ3v) is 3.73. The first-order valence-electron chi connectivity index (χ1n) is 6.45. The molecule has 3 heterocycles. The molecule has 22 heavy (non-hydrogen) atoms. The zero-order valence-corrected chi connectivity index (χ0v) is 12.0. The Kier molecular flexibility index (Phi) is 3.35. The van der Waals surface area contributed by atoms with Gasteiger partial charge in [0.05, 0.1) is 5.75 Å². The van der Waals surface area contributed by atoms with Crippen molar-refractivity contribution < 1.29 is 13.9 Å². The number of H-pyrrole nitrogens is 1. The lowest BCUT2D eigenvalue weighted by Gasteiger charge is -2.23. The number of hydrogen-bond donors (Lipinski definition) is 1. The zero-order valence-electron chi connectivity index (χ0n) is 11.2. The Morgan fingerprint density at radius 2 is 2.09 bits per heavy atom. The third-order valence-electron chi connectivity index (χ3n) is 2.92. The van der Waals surface area contributed by atoms with Gasteiger partial charge in [0.2, 0.25) is 6.10 Å². The molecular weight excluding hydrogens is 308 g/mol. The van der Waals surface area contributed by atoms with E-state index in [0.717, 1.165) is 0 Å². The minimum absolute atomic E-state index is 0.328. The molecule has 1 aliphatic heterocycles. The van der Waals surface area contributed by atoms with Crippen LogP contribution in [0.2, 0.25) is 0 Å². The van der Waals surface area contributed by atoms with E-state index in [-0.39, 0.29) is 0 Å². The van der Waals surface area contributed by atoms with E-state index in [1.54, 1.807) is 0 Å². The van der Waals surface area contributed by atoms with E-state index in [2.05, 4.69) is 30.8 Å². The monoisotopic (exact) mass is 318 g/mol. The normalized spacial score (nSPS) is 16.6. The van der Waals surface area contributed by atoms with Crippen LogP contribution in [-0.2, 0) is 5.75 Å². The van der Waals surface area contributed by atoms with Crippen molar-refractivity contribution >= 4 is 11.8 Å². The molecule has 0 bridgehead atoms. The topological polar surface area (TPSA) is 112 Å². The highest BCUT2D eigenvalue weighted by Gasteiger charge is 2.27. The van der Waals surface area contributed by atoms with Crippen LogP contribution >= 0.6 is 11.8 Å². The van der Waals surface area contributed by atoms with Crippen molar-refractivity contribution in [3.8, 4) is 11.5 Å². The summed E-state index contributed by atoms with van der Waals surface area (Å²) >= 11 is 1.33. The number of para-hydroxylation sites is 2. The fourth-order valence-electron chi connectivity index (χ4n) is 1.92. The molecule has 1 aliphatic rings. The first kappa shape index (κ1) is 13.1. The summed E-state index contributed by atoms with van der Waals surface area (Å²) in [5.74, 6) is 2.81. The molecule has 0 amide bonds. The fraction of sp³-hybridized carbons (Fsp3) is 0.250. The molecule has 2 aromatic heterocycles. The molecule has 0 saturated heterocycles. The summed E-state index contributed by atoms with van der Waals surface area (Å²) in [6, 6.07) is 7.46. The van der Waals surface area contributed by atoms with E-state index in [9.17, 15) is 0 Å². The Balaban J connectivity index is 1.44. The highest BCUT2D eigenvalue weighted by Crippen LogP contribution is 2.36. The predicted molar refractivity (Wildman–Crippen MR) is 73.3 cm³/mol.